The normalized spacial score (nSPS) is 18.4. The van der Waals surface area contributed by atoms with Gasteiger partial charge in [-0.1, -0.05) is 39.2 Å². The van der Waals surface area contributed by atoms with E-state index in [9.17, 15) is 14.4 Å². The van der Waals surface area contributed by atoms with Gasteiger partial charge in [-0.25, -0.2) is 0 Å². The van der Waals surface area contributed by atoms with E-state index in [0.29, 0.717) is 11.3 Å². The summed E-state index contributed by atoms with van der Waals surface area (Å²) in [5, 5.41) is 8.76. The Morgan fingerprint density at radius 2 is 1.71 bits per heavy atom. The number of rotatable bonds is 7. The van der Waals surface area contributed by atoms with Crippen LogP contribution in [-0.4, -0.2) is 29.8 Å². The van der Waals surface area contributed by atoms with E-state index in [4.69, 9.17) is 0 Å². The molecule has 0 spiro atoms. The molecule has 1 atom stereocenters. The zero-order chi connectivity index (χ0) is 20.1. The van der Waals surface area contributed by atoms with Gasteiger partial charge in [0.1, 0.15) is 6.04 Å². The fourth-order valence-corrected chi connectivity index (χ4v) is 3.63. The lowest BCUT2D eigenvalue weighted by Crippen LogP contribution is -2.49. The molecule has 3 N–H and O–H groups in total. The molecule has 0 bridgehead atoms. The third-order valence-electron chi connectivity index (χ3n) is 5.53. The summed E-state index contributed by atoms with van der Waals surface area (Å²) in [5.41, 5.74) is 1.09. The molecule has 2 fully saturated rings. The highest BCUT2D eigenvalue weighted by atomic mass is 16.2. The first-order chi connectivity index (χ1) is 13.4. The molecule has 0 aliphatic heterocycles. The van der Waals surface area contributed by atoms with Gasteiger partial charge in [-0.15, -0.1) is 0 Å². The van der Waals surface area contributed by atoms with E-state index >= 15 is 0 Å². The number of carbonyl (C=O) groups excluding carboxylic acids is 3. The maximum absolute atomic E-state index is 12.8. The number of nitrogens with one attached hydrogen (secondary N) is 3. The van der Waals surface area contributed by atoms with Gasteiger partial charge in [0.2, 0.25) is 11.8 Å². The van der Waals surface area contributed by atoms with Crippen LogP contribution in [0.4, 0.5) is 5.69 Å². The number of hydrogen-bond acceptors (Lipinski definition) is 3. The minimum Gasteiger partial charge on any atom is -0.349 e. The maximum atomic E-state index is 12.8. The molecule has 3 amide bonds. The Morgan fingerprint density at radius 3 is 2.36 bits per heavy atom. The largest absolute Gasteiger partial charge is 0.349 e. The molecule has 28 heavy (non-hydrogen) atoms. The van der Waals surface area contributed by atoms with Crippen molar-refractivity contribution in [1.29, 1.82) is 0 Å². The van der Waals surface area contributed by atoms with Crippen LogP contribution in [0, 0.1) is 11.8 Å². The standard InChI is InChI=1S/C22H31N3O3/c1-14(2)19(25-20(26)15-7-4-3-5-8-15)22(28)24-18-10-6-9-16(13-18)21(27)23-17-11-12-17/h6,9-10,13-15,17,19H,3-5,7-8,11-12H2,1-2H3,(H,23,27)(H,24,28)(H,25,26). The Morgan fingerprint density at radius 1 is 1.00 bits per heavy atom. The summed E-state index contributed by atoms with van der Waals surface area (Å²) >= 11 is 0. The van der Waals surface area contributed by atoms with Crippen LogP contribution in [0.5, 0.6) is 0 Å². The van der Waals surface area contributed by atoms with E-state index in [2.05, 4.69) is 16.0 Å². The average molecular weight is 386 g/mol. The molecule has 6 nitrogen and oxygen atoms in total. The zero-order valence-corrected chi connectivity index (χ0v) is 16.8. The highest BCUT2D eigenvalue weighted by Gasteiger charge is 2.29. The van der Waals surface area contributed by atoms with Crippen molar-refractivity contribution in [2.24, 2.45) is 11.8 Å². The fourth-order valence-electron chi connectivity index (χ4n) is 3.63. The van der Waals surface area contributed by atoms with Gasteiger partial charge in [-0.05, 0) is 49.8 Å². The van der Waals surface area contributed by atoms with Crippen LogP contribution in [-0.2, 0) is 9.59 Å². The number of benzene rings is 1. The molecule has 152 valence electrons. The smallest absolute Gasteiger partial charge is 0.251 e. The fraction of sp³-hybridized carbons (Fsp3) is 0.591. The summed E-state index contributed by atoms with van der Waals surface area (Å²) in [6.45, 7) is 3.84. The molecule has 0 radical (unpaired) electrons. The summed E-state index contributed by atoms with van der Waals surface area (Å²) in [5.74, 6) is -0.416. The van der Waals surface area contributed by atoms with E-state index in [1.807, 2.05) is 13.8 Å². The molecule has 0 heterocycles. The molecule has 1 aromatic carbocycles. The summed E-state index contributed by atoms with van der Waals surface area (Å²) < 4.78 is 0. The van der Waals surface area contributed by atoms with Crippen LogP contribution in [0.2, 0.25) is 0 Å². The monoisotopic (exact) mass is 385 g/mol. The maximum Gasteiger partial charge on any atom is 0.251 e. The van der Waals surface area contributed by atoms with E-state index in [-0.39, 0.29) is 35.6 Å². The summed E-state index contributed by atoms with van der Waals surface area (Å²) in [6, 6.07) is 6.60. The zero-order valence-electron chi connectivity index (χ0n) is 16.8. The first-order valence-corrected chi connectivity index (χ1v) is 10.5. The van der Waals surface area contributed by atoms with E-state index in [1.54, 1.807) is 24.3 Å². The predicted octanol–water partition coefficient (Wildman–Crippen LogP) is 3.24. The predicted molar refractivity (Wildman–Crippen MR) is 109 cm³/mol. The molecule has 2 saturated carbocycles. The first kappa shape index (κ1) is 20.4. The number of anilines is 1. The van der Waals surface area contributed by atoms with Crippen molar-refractivity contribution in [2.75, 3.05) is 5.32 Å². The second kappa shape index (κ2) is 9.22. The van der Waals surface area contributed by atoms with E-state index in [1.165, 1.54) is 6.42 Å². The topological polar surface area (TPSA) is 87.3 Å². The van der Waals surface area contributed by atoms with Gasteiger partial charge in [0.25, 0.3) is 5.91 Å². The van der Waals surface area contributed by atoms with Crippen LogP contribution < -0.4 is 16.0 Å². The van der Waals surface area contributed by atoms with Crippen LogP contribution in [0.3, 0.4) is 0 Å². The SMILES string of the molecule is CC(C)C(NC(=O)C1CCCCC1)C(=O)Nc1cccc(C(=O)NC2CC2)c1. The van der Waals surface area contributed by atoms with Crippen molar-refractivity contribution in [3.8, 4) is 0 Å². The van der Waals surface area contributed by atoms with Gasteiger partial charge in [0.05, 0.1) is 0 Å². The number of amides is 3. The van der Waals surface area contributed by atoms with Gasteiger partial charge >= 0.3 is 0 Å². The molecule has 1 unspecified atom stereocenters. The first-order valence-electron chi connectivity index (χ1n) is 10.5. The Balaban J connectivity index is 1.61. The van der Waals surface area contributed by atoms with Gasteiger partial charge in [0, 0.05) is 23.2 Å². The molecule has 6 heteroatoms. The molecular weight excluding hydrogens is 354 g/mol. The minimum atomic E-state index is -0.599. The Kier molecular flexibility index (Phi) is 6.70. The van der Waals surface area contributed by atoms with Crippen molar-refractivity contribution in [2.45, 2.75) is 70.9 Å². The highest BCUT2D eigenvalue weighted by molar-refractivity contribution is 6.00. The molecule has 2 aliphatic carbocycles. The molecule has 0 aromatic heterocycles. The van der Waals surface area contributed by atoms with Gasteiger partial charge in [0.15, 0.2) is 0 Å². The number of carbonyl (C=O) groups is 3. The Labute approximate surface area is 166 Å². The molecule has 1 aromatic rings. The second-order valence-electron chi connectivity index (χ2n) is 8.38. The van der Waals surface area contributed by atoms with Gasteiger partial charge < -0.3 is 16.0 Å². The minimum absolute atomic E-state index is 0.0113. The molecular formula is C22H31N3O3. The van der Waals surface area contributed by atoms with Crippen molar-refractivity contribution < 1.29 is 14.4 Å². The summed E-state index contributed by atoms with van der Waals surface area (Å²) in [6.07, 6.45) is 7.19. The lowest BCUT2D eigenvalue weighted by Gasteiger charge is -2.26. The second-order valence-corrected chi connectivity index (χ2v) is 8.38. The van der Waals surface area contributed by atoms with E-state index < -0.39 is 6.04 Å². The van der Waals surface area contributed by atoms with Crippen LogP contribution >= 0.6 is 0 Å². The van der Waals surface area contributed by atoms with Crippen molar-refractivity contribution >= 4 is 23.4 Å². The average Bonchev–Trinajstić information content (AvgIpc) is 3.50. The van der Waals surface area contributed by atoms with Crippen molar-refractivity contribution in [3.63, 3.8) is 0 Å². The third-order valence-corrected chi connectivity index (χ3v) is 5.53. The van der Waals surface area contributed by atoms with Crippen LogP contribution in [0.25, 0.3) is 0 Å². The lowest BCUT2D eigenvalue weighted by atomic mass is 9.88. The van der Waals surface area contributed by atoms with Crippen molar-refractivity contribution in [3.05, 3.63) is 29.8 Å². The Bertz CT molecular complexity index is 721. The Hall–Kier alpha value is -2.37. The van der Waals surface area contributed by atoms with Gasteiger partial charge in [-0.3, -0.25) is 14.4 Å². The molecule has 3 rings (SSSR count). The van der Waals surface area contributed by atoms with Gasteiger partial charge in [-0.2, -0.15) is 0 Å². The highest BCUT2D eigenvalue weighted by Crippen LogP contribution is 2.24. The van der Waals surface area contributed by atoms with Crippen molar-refractivity contribution in [1.82, 2.24) is 10.6 Å². The van der Waals surface area contributed by atoms with E-state index in [0.717, 1.165) is 38.5 Å². The lowest BCUT2D eigenvalue weighted by molar-refractivity contribution is -0.130. The van der Waals surface area contributed by atoms with Crippen LogP contribution in [0.15, 0.2) is 24.3 Å². The summed E-state index contributed by atoms with van der Waals surface area (Å²) in [7, 11) is 0. The third kappa shape index (κ3) is 5.57. The number of hydrogen-bond donors (Lipinski definition) is 3. The molecule has 2 aliphatic rings. The van der Waals surface area contributed by atoms with Crippen LogP contribution in [0.1, 0.15) is 69.2 Å². The quantitative estimate of drug-likeness (QED) is 0.673. The molecule has 0 saturated heterocycles. The summed E-state index contributed by atoms with van der Waals surface area (Å²) in [4.78, 5) is 37.6.